The van der Waals surface area contributed by atoms with Crippen molar-refractivity contribution in [3.63, 3.8) is 0 Å². The molecule has 2 unspecified atom stereocenters. The molecule has 0 spiro atoms. The largest absolute Gasteiger partial charge is 0.342 e. The van der Waals surface area contributed by atoms with E-state index in [0.29, 0.717) is 11.3 Å². The number of rotatable bonds is 9. The Bertz CT molecular complexity index is 1250. The molecule has 0 aromatic heterocycles. The molecule has 0 radical (unpaired) electrons. The van der Waals surface area contributed by atoms with Crippen molar-refractivity contribution in [3.8, 4) is 0 Å². The van der Waals surface area contributed by atoms with Crippen LogP contribution in [0, 0.1) is 0 Å². The van der Waals surface area contributed by atoms with Gasteiger partial charge >= 0.3 is 0 Å². The van der Waals surface area contributed by atoms with Gasteiger partial charge in [-0.2, -0.15) is 0 Å². The lowest BCUT2D eigenvalue weighted by atomic mass is 10.1. The van der Waals surface area contributed by atoms with Crippen molar-refractivity contribution in [2.75, 3.05) is 11.4 Å². The van der Waals surface area contributed by atoms with E-state index in [2.05, 4.69) is 0 Å². The molecule has 3 aromatic carbocycles. The SMILES string of the molecule is CC(=O)N(C)C(C)C(SSN(C(=O)c1ccccc1)c1ccc(S(N)(=O)=O)cc1)c1ccccc1. The van der Waals surface area contributed by atoms with Crippen LogP contribution < -0.4 is 9.44 Å². The second-order valence-corrected chi connectivity index (χ2v) is 11.7. The van der Waals surface area contributed by atoms with E-state index in [9.17, 15) is 18.0 Å². The van der Waals surface area contributed by atoms with Gasteiger partial charge in [0.15, 0.2) is 0 Å². The van der Waals surface area contributed by atoms with Gasteiger partial charge in [0.2, 0.25) is 15.9 Å². The van der Waals surface area contributed by atoms with Gasteiger partial charge in [0.1, 0.15) is 0 Å². The second-order valence-electron chi connectivity index (χ2n) is 7.88. The molecule has 2 N–H and O–H groups in total. The van der Waals surface area contributed by atoms with Gasteiger partial charge in [-0.3, -0.25) is 9.59 Å². The zero-order chi connectivity index (χ0) is 25.6. The third-order valence-corrected chi connectivity index (χ3v) is 9.24. The normalized spacial score (nSPS) is 13.0. The number of nitrogens with zero attached hydrogens (tertiary/aromatic N) is 2. The van der Waals surface area contributed by atoms with E-state index in [1.54, 1.807) is 48.3 Å². The van der Waals surface area contributed by atoms with Crippen LogP contribution in [0.5, 0.6) is 0 Å². The molecule has 0 bridgehead atoms. The highest BCUT2D eigenvalue weighted by atomic mass is 33.1. The summed E-state index contributed by atoms with van der Waals surface area (Å²) in [5.41, 5.74) is 2.01. The molecule has 3 aromatic rings. The molecule has 7 nitrogen and oxygen atoms in total. The van der Waals surface area contributed by atoms with Crippen molar-refractivity contribution < 1.29 is 18.0 Å². The van der Waals surface area contributed by atoms with Gasteiger partial charge in [0.05, 0.1) is 15.8 Å². The maximum Gasteiger partial charge on any atom is 0.269 e. The van der Waals surface area contributed by atoms with Crippen LogP contribution in [0.4, 0.5) is 5.69 Å². The number of sulfonamides is 1. The van der Waals surface area contributed by atoms with Gasteiger partial charge in [0.25, 0.3) is 5.91 Å². The Morgan fingerprint density at radius 2 is 1.43 bits per heavy atom. The van der Waals surface area contributed by atoms with Gasteiger partial charge in [-0.15, -0.1) is 0 Å². The van der Waals surface area contributed by atoms with Crippen molar-refractivity contribution in [1.82, 2.24) is 4.90 Å². The lowest BCUT2D eigenvalue weighted by Crippen LogP contribution is -2.36. The molecule has 3 rings (SSSR count). The van der Waals surface area contributed by atoms with Crippen LogP contribution in [0.2, 0.25) is 0 Å². The summed E-state index contributed by atoms with van der Waals surface area (Å²) in [7, 11) is 0.578. The summed E-state index contributed by atoms with van der Waals surface area (Å²) in [5, 5.41) is 5.08. The Hall–Kier alpha value is -2.79. The molecule has 0 saturated heterocycles. The fraction of sp³-hybridized carbons (Fsp3) is 0.200. The third-order valence-electron chi connectivity index (χ3n) is 5.50. The molecular formula is C25H27N3O4S3. The standard InChI is InChI=1S/C25H27N3O4S3/c1-18(27(3)19(2)29)24(20-10-6-4-7-11-20)33-34-28(25(30)21-12-8-5-9-13-21)22-14-16-23(17-15-22)35(26,31)32/h4-18,24H,1-3H3,(H2,26,31,32). The first-order valence-corrected chi connectivity index (χ1v) is 14.5. The van der Waals surface area contributed by atoms with E-state index < -0.39 is 10.0 Å². The first-order valence-electron chi connectivity index (χ1n) is 10.7. The number of nitrogens with two attached hydrogens (primary N) is 1. The minimum Gasteiger partial charge on any atom is -0.342 e. The van der Waals surface area contributed by atoms with Crippen molar-refractivity contribution in [2.45, 2.75) is 30.0 Å². The smallest absolute Gasteiger partial charge is 0.269 e. The average molecular weight is 530 g/mol. The minimum atomic E-state index is -3.86. The minimum absolute atomic E-state index is 0.0371. The van der Waals surface area contributed by atoms with Gasteiger partial charge in [0, 0.05) is 36.6 Å². The molecule has 0 aliphatic rings. The Kier molecular flexibility index (Phi) is 9.01. The van der Waals surface area contributed by atoms with Crippen LogP contribution in [0.3, 0.4) is 0 Å². The molecule has 0 aliphatic heterocycles. The highest BCUT2D eigenvalue weighted by Crippen LogP contribution is 2.45. The Balaban J connectivity index is 1.96. The van der Waals surface area contributed by atoms with Crippen LogP contribution in [0.1, 0.15) is 35.0 Å². The molecule has 0 saturated carbocycles. The molecule has 2 amide bonds. The molecule has 0 aliphatic carbocycles. The first kappa shape index (κ1) is 26.8. The summed E-state index contributed by atoms with van der Waals surface area (Å²) in [6, 6.07) is 24.3. The lowest BCUT2D eigenvalue weighted by molar-refractivity contribution is -0.129. The molecule has 184 valence electrons. The number of amides is 2. The summed E-state index contributed by atoms with van der Waals surface area (Å²) in [4.78, 5) is 27.2. The number of benzene rings is 3. The van der Waals surface area contributed by atoms with Gasteiger partial charge in [-0.1, -0.05) is 59.3 Å². The van der Waals surface area contributed by atoms with Gasteiger partial charge < -0.3 is 4.90 Å². The number of hydrogen-bond acceptors (Lipinski definition) is 6. The van der Waals surface area contributed by atoms with E-state index in [-0.39, 0.29) is 28.0 Å². The number of carbonyl (C=O) groups excluding carboxylic acids is 2. The van der Waals surface area contributed by atoms with Crippen molar-refractivity contribution in [3.05, 3.63) is 96.1 Å². The monoisotopic (exact) mass is 529 g/mol. The Morgan fingerprint density at radius 3 is 1.94 bits per heavy atom. The van der Waals surface area contributed by atoms with Crippen molar-refractivity contribution in [2.24, 2.45) is 5.14 Å². The Labute approximate surface area is 214 Å². The second kappa shape index (κ2) is 11.8. The summed E-state index contributed by atoms with van der Waals surface area (Å²) in [5.74, 6) is -0.314. The maximum atomic E-state index is 13.5. The maximum absolute atomic E-state index is 13.5. The number of carbonyl (C=O) groups is 2. The predicted octanol–water partition coefficient (Wildman–Crippen LogP) is 4.89. The van der Waals surface area contributed by atoms with Crippen LogP contribution in [-0.2, 0) is 14.8 Å². The molecule has 35 heavy (non-hydrogen) atoms. The number of primary sulfonamides is 1. The van der Waals surface area contributed by atoms with E-state index in [4.69, 9.17) is 5.14 Å². The topological polar surface area (TPSA) is 101 Å². The molecular weight excluding hydrogens is 502 g/mol. The first-order chi connectivity index (χ1) is 16.6. The number of anilines is 1. The zero-order valence-corrected chi connectivity index (χ0v) is 22.0. The lowest BCUT2D eigenvalue weighted by Gasteiger charge is -2.32. The quantitative estimate of drug-likeness (QED) is 0.313. The summed E-state index contributed by atoms with van der Waals surface area (Å²) >= 11 is 0. The van der Waals surface area contributed by atoms with Crippen LogP contribution in [0.15, 0.2) is 89.8 Å². The van der Waals surface area contributed by atoms with Crippen molar-refractivity contribution in [1.29, 1.82) is 0 Å². The third kappa shape index (κ3) is 6.88. The highest BCUT2D eigenvalue weighted by Gasteiger charge is 2.28. The number of likely N-dealkylation sites (N-methyl/N-ethyl adjacent to an activating group) is 1. The van der Waals surface area contributed by atoms with Gasteiger partial charge in [-0.25, -0.2) is 17.9 Å². The fourth-order valence-electron chi connectivity index (χ4n) is 3.30. The average Bonchev–Trinajstić information content (AvgIpc) is 2.86. The van der Waals surface area contributed by atoms with E-state index >= 15 is 0 Å². The summed E-state index contributed by atoms with van der Waals surface area (Å²) < 4.78 is 24.9. The molecule has 2 atom stereocenters. The molecule has 10 heteroatoms. The molecule has 0 heterocycles. The van der Waals surface area contributed by atoms with Crippen molar-refractivity contribution >= 4 is 49.3 Å². The number of hydrogen-bond donors (Lipinski definition) is 1. The predicted molar refractivity (Wildman–Crippen MR) is 143 cm³/mol. The van der Waals surface area contributed by atoms with Gasteiger partial charge in [-0.05, 0) is 48.9 Å². The zero-order valence-electron chi connectivity index (χ0n) is 19.6. The van der Waals surface area contributed by atoms with E-state index in [0.717, 1.165) is 5.56 Å². The van der Waals surface area contributed by atoms with Crippen LogP contribution >= 0.6 is 21.8 Å². The summed E-state index contributed by atoms with van der Waals surface area (Å²) in [6.07, 6.45) is 0. The fourth-order valence-corrected chi connectivity index (χ4v) is 6.80. The van der Waals surface area contributed by atoms with Crippen LogP contribution in [-0.4, -0.2) is 38.2 Å². The Morgan fingerprint density at radius 1 is 0.886 bits per heavy atom. The highest BCUT2D eigenvalue weighted by molar-refractivity contribution is 8.77. The van der Waals surface area contributed by atoms with Crippen LogP contribution in [0.25, 0.3) is 0 Å². The summed E-state index contributed by atoms with van der Waals surface area (Å²) in [6.45, 7) is 3.49. The molecule has 0 fully saturated rings. The van der Waals surface area contributed by atoms with E-state index in [1.165, 1.54) is 45.1 Å². The van der Waals surface area contributed by atoms with E-state index in [1.807, 2.05) is 43.3 Å².